The van der Waals surface area contributed by atoms with E-state index >= 15 is 0 Å². The topological polar surface area (TPSA) is 43.4 Å². The minimum absolute atomic E-state index is 0.0251. The van der Waals surface area contributed by atoms with Crippen molar-refractivity contribution in [2.24, 2.45) is 11.8 Å². The fraction of sp³-hybridized carbons (Fsp3) is 0.867. The molecule has 1 aliphatic carbocycles. The minimum atomic E-state index is -0.261. The highest BCUT2D eigenvalue weighted by Gasteiger charge is 2.29. The summed E-state index contributed by atoms with van der Waals surface area (Å²) < 4.78 is 5.30. The molecule has 0 aromatic carbocycles. The number of esters is 1. The molecular formula is C15H25ClO3. The van der Waals surface area contributed by atoms with Crippen molar-refractivity contribution in [1.82, 2.24) is 0 Å². The summed E-state index contributed by atoms with van der Waals surface area (Å²) in [6, 6.07) is 0. The Morgan fingerprint density at radius 3 is 2.16 bits per heavy atom. The summed E-state index contributed by atoms with van der Waals surface area (Å²) >= 11 is 5.47. The Hall–Kier alpha value is -0.570. The van der Waals surface area contributed by atoms with Crippen LogP contribution < -0.4 is 0 Å². The average Bonchev–Trinajstić information content (AvgIpc) is 2.42. The third kappa shape index (κ3) is 6.42. The molecule has 0 saturated heterocycles. The molecule has 0 aromatic heterocycles. The fourth-order valence-electron chi connectivity index (χ4n) is 2.55. The zero-order chi connectivity index (χ0) is 14.1. The third-order valence-corrected chi connectivity index (χ3v) is 4.18. The van der Waals surface area contributed by atoms with Crippen LogP contribution in [0.25, 0.3) is 0 Å². The maximum Gasteiger partial charge on any atom is 0.308 e. The molecule has 19 heavy (non-hydrogen) atoms. The lowest BCUT2D eigenvalue weighted by atomic mass is 9.83. The molecule has 1 saturated carbocycles. The molecule has 0 N–H and O–H groups in total. The maximum absolute atomic E-state index is 11.8. The second-order valence-corrected chi connectivity index (χ2v) is 5.81. The molecule has 0 unspecified atom stereocenters. The van der Waals surface area contributed by atoms with E-state index in [9.17, 15) is 9.59 Å². The van der Waals surface area contributed by atoms with E-state index in [1.54, 1.807) is 0 Å². The summed E-state index contributed by atoms with van der Waals surface area (Å²) in [5, 5.41) is -0.261. The van der Waals surface area contributed by atoms with Crippen LogP contribution in [-0.4, -0.2) is 17.8 Å². The lowest BCUT2D eigenvalue weighted by Gasteiger charge is -2.24. The highest BCUT2D eigenvalue weighted by molar-refractivity contribution is 6.63. The van der Waals surface area contributed by atoms with Crippen LogP contribution in [0.1, 0.15) is 64.7 Å². The number of halogens is 1. The van der Waals surface area contributed by atoms with E-state index in [2.05, 4.69) is 6.92 Å². The Bertz CT molecular complexity index is 283. The Morgan fingerprint density at radius 1 is 1.00 bits per heavy atom. The number of hydrogen-bond donors (Lipinski definition) is 0. The second kappa shape index (κ2) is 9.35. The van der Waals surface area contributed by atoms with Crippen LogP contribution in [0.15, 0.2) is 0 Å². The standard InChI is InChI=1S/C15H25ClO3/c1-2-3-4-5-6-11-19-15(18)13-9-7-12(8-10-13)14(16)17/h12-13H,2-11H2,1H3. The number of hydrogen-bond acceptors (Lipinski definition) is 3. The van der Waals surface area contributed by atoms with Gasteiger partial charge < -0.3 is 4.74 Å². The van der Waals surface area contributed by atoms with Crippen molar-refractivity contribution >= 4 is 22.8 Å². The van der Waals surface area contributed by atoms with Gasteiger partial charge in [0.05, 0.1) is 12.5 Å². The summed E-state index contributed by atoms with van der Waals surface area (Å²) in [5.41, 5.74) is 0. The van der Waals surface area contributed by atoms with Gasteiger partial charge in [-0.25, -0.2) is 0 Å². The van der Waals surface area contributed by atoms with Gasteiger partial charge in [0.15, 0.2) is 0 Å². The number of rotatable bonds is 8. The zero-order valence-electron chi connectivity index (χ0n) is 11.8. The monoisotopic (exact) mass is 288 g/mol. The molecule has 1 aliphatic rings. The van der Waals surface area contributed by atoms with E-state index in [-0.39, 0.29) is 23.0 Å². The van der Waals surface area contributed by atoms with Crippen molar-refractivity contribution in [3.05, 3.63) is 0 Å². The third-order valence-electron chi connectivity index (χ3n) is 3.87. The van der Waals surface area contributed by atoms with Crippen LogP contribution in [-0.2, 0) is 14.3 Å². The first-order valence-electron chi connectivity index (χ1n) is 7.51. The molecule has 3 nitrogen and oxygen atoms in total. The van der Waals surface area contributed by atoms with Crippen LogP contribution in [0.4, 0.5) is 0 Å². The lowest BCUT2D eigenvalue weighted by molar-refractivity contribution is -0.150. The molecule has 0 bridgehead atoms. The van der Waals surface area contributed by atoms with Gasteiger partial charge in [-0.3, -0.25) is 9.59 Å². The predicted octanol–water partition coefficient (Wildman–Crippen LogP) is 4.07. The summed E-state index contributed by atoms with van der Waals surface area (Å²) in [4.78, 5) is 22.8. The second-order valence-electron chi connectivity index (χ2n) is 5.43. The van der Waals surface area contributed by atoms with Crippen LogP contribution in [0, 0.1) is 11.8 Å². The van der Waals surface area contributed by atoms with Gasteiger partial charge in [0, 0.05) is 5.92 Å². The van der Waals surface area contributed by atoms with E-state index in [1.165, 1.54) is 19.3 Å². The molecule has 1 fully saturated rings. The zero-order valence-corrected chi connectivity index (χ0v) is 12.6. The molecule has 110 valence electrons. The van der Waals surface area contributed by atoms with E-state index in [1.807, 2.05) is 0 Å². The van der Waals surface area contributed by atoms with Crippen LogP contribution in [0.2, 0.25) is 0 Å². The first-order chi connectivity index (χ1) is 9.15. The summed E-state index contributed by atoms with van der Waals surface area (Å²) in [7, 11) is 0. The van der Waals surface area contributed by atoms with Gasteiger partial charge in [0.1, 0.15) is 0 Å². The Labute approximate surface area is 121 Å². The van der Waals surface area contributed by atoms with Crippen molar-refractivity contribution in [1.29, 1.82) is 0 Å². The largest absolute Gasteiger partial charge is 0.465 e. The van der Waals surface area contributed by atoms with Gasteiger partial charge in [-0.2, -0.15) is 0 Å². The molecule has 0 heterocycles. The smallest absolute Gasteiger partial charge is 0.308 e. The van der Waals surface area contributed by atoms with E-state index in [0.29, 0.717) is 6.61 Å². The maximum atomic E-state index is 11.8. The first kappa shape index (κ1) is 16.5. The van der Waals surface area contributed by atoms with Gasteiger partial charge in [-0.05, 0) is 43.7 Å². The van der Waals surface area contributed by atoms with E-state index < -0.39 is 0 Å². The van der Waals surface area contributed by atoms with Crippen LogP contribution in [0.5, 0.6) is 0 Å². The summed E-state index contributed by atoms with van der Waals surface area (Å²) in [5.74, 6) is -0.168. The predicted molar refractivity (Wildman–Crippen MR) is 76.0 cm³/mol. The molecule has 4 heteroatoms. The number of carbonyl (C=O) groups excluding carboxylic acids is 2. The Morgan fingerprint density at radius 2 is 1.58 bits per heavy atom. The number of ether oxygens (including phenoxy) is 1. The summed E-state index contributed by atoms with van der Waals surface area (Å²) in [6.07, 6.45) is 8.70. The highest BCUT2D eigenvalue weighted by Crippen LogP contribution is 2.30. The molecule has 0 radical (unpaired) electrons. The lowest BCUT2D eigenvalue weighted by Crippen LogP contribution is -2.26. The van der Waals surface area contributed by atoms with Crippen molar-refractivity contribution in [2.45, 2.75) is 64.7 Å². The molecule has 0 aromatic rings. The van der Waals surface area contributed by atoms with Gasteiger partial charge in [0.25, 0.3) is 0 Å². The van der Waals surface area contributed by atoms with E-state index in [0.717, 1.165) is 38.5 Å². The molecule has 1 rings (SSSR count). The Balaban J connectivity index is 2.09. The molecule has 0 spiro atoms. The quantitative estimate of drug-likeness (QED) is 0.384. The average molecular weight is 289 g/mol. The van der Waals surface area contributed by atoms with Gasteiger partial charge in [0.2, 0.25) is 5.24 Å². The molecule has 0 amide bonds. The number of unbranched alkanes of at least 4 members (excludes halogenated alkanes) is 4. The van der Waals surface area contributed by atoms with Gasteiger partial charge >= 0.3 is 5.97 Å². The van der Waals surface area contributed by atoms with Gasteiger partial charge in [-0.1, -0.05) is 32.6 Å². The highest BCUT2D eigenvalue weighted by atomic mass is 35.5. The summed E-state index contributed by atoms with van der Waals surface area (Å²) in [6.45, 7) is 2.72. The van der Waals surface area contributed by atoms with Crippen molar-refractivity contribution in [3.8, 4) is 0 Å². The number of carbonyl (C=O) groups is 2. The first-order valence-corrected chi connectivity index (χ1v) is 7.89. The fourth-order valence-corrected chi connectivity index (χ4v) is 2.77. The van der Waals surface area contributed by atoms with Crippen LogP contribution in [0.3, 0.4) is 0 Å². The van der Waals surface area contributed by atoms with Crippen molar-refractivity contribution in [2.75, 3.05) is 6.61 Å². The van der Waals surface area contributed by atoms with Crippen LogP contribution >= 0.6 is 11.6 Å². The normalized spacial score (nSPS) is 23.1. The van der Waals surface area contributed by atoms with Crippen molar-refractivity contribution < 1.29 is 14.3 Å². The van der Waals surface area contributed by atoms with Crippen molar-refractivity contribution in [3.63, 3.8) is 0 Å². The minimum Gasteiger partial charge on any atom is -0.465 e. The SMILES string of the molecule is CCCCCCCOC(=O)C1CCC(C(=O)Cl)CC1. The molecule has 0 atom stereocenters. The Kier molecular flexibility index (Phi) is 8.11. The molecular weight excluding hydrogens is 264 g/mol. The molecule has 0 aliphatic heterocycles. The van der Waals surface area contributed by atoms with Gasteiger partial charge in [-0.15, -0.1) is 0 Å². The van der Waals surface area contributed by atoms with E-state index in [4.69, 9.17) is 16.3 Å².